The molecule has 0 radical (unpaired) electrons. The lowest BCUT2D eigenvalue weighted by molar-refractivity contribution is 0.442. The summed E-state index contributed by atoms with van der Waals surface area (Å²) in [4.78, 5) is 1.44. The van der Waals surface area contributed by atoms with E-state index in [1.807, 2.05) is 24.4 Å². The van der Waals surface area contributed by atoms with Gasteiger partial charge in [-0.2, -0.15) is 0 Å². The van der Waals surface area contributed by atoms with Crippen LogP contribution in [0.5, 0.6) is 0 Å². The van der Waals surface area contributed by atoms with Gasteiger partial charge >= 0.3 is 0 Å². The van der Waals surface area contributed by atoms with Crippen LogP contribution in [-0.2, 0) is 9.84 Å². The van der Waals surface area contributed by atoms with Crippen molar-refractivity contribution < 1.29 is 12.8 Å². The smallest absolute Gasteiger partial charge is 0.178 e. The van der Waals surface area contributed by atoms with Crippen molar-refractivity contribution >= 4 is 21.2 Å². The molecule has 2 unspecified atom stereocenters. The molecule has 2 heterocycles. The topological polar surface area (TPSA) is 46.2 Å². The normalized spacial score (nSPS) is 21.7. The number of thiophene rings is 1. The van der Waals surface area contributed by atoms with Crippen LogP contribution in [0.2, 0.25) is 0 Å². The van der Waals surface area contributed by atoms with E-state index in [9.17, 15) is 12.8 Å². The monoisotopic (exact) mass is 325 g/mol. The van der Waals surface area contributed by atoms with Gasteiger partial charge in [-0.05, 0) is 48.6 Å². The Labute approximate surface area is 127 Å². The summed E-state index contributed by atoms with van der Waals surface area (Å²) in [6.45, 7) is 2.04. The van der Waals surface area contributed by atoms with Crippen molar-refractivity contribution in [1.29, 1.82) is 0 Å². The van der Waals surface area contributed by atoms with E-state index in [4.69, 9.17) is 0 Å². The number of benzene rings is 1. The molecule has 6 heteroatoms. The molecule has 3 rings (SSSR count). The largest absolute Gasteiger partial charge is 0.303 e. The highest BCUT2D eigenvalue weighted by Crippen LogP contribution is 2.34. The van der Waals surface area contributed by atoms with Gasteiger partial charge in [-0.3, -0.25) is 0 Å². The fourth-order valence-corrected chi connectivity index (χ4v) is 5.05. The Morgan fingerprint density at radius 1 is 1.38 bits per heavy atom. The van der Waals surface area contributed by atoms with Crippen molar-refractivity contribution in [2.75, 3.05) is 5.75 Å². The number of rotatable bonds is 3. The first kappa shape index (κ1) is 14.7. The summed E-state index contributed by atoms with van der Waals surface area (Å²) in [6, 6.07) is 7.91. The molecule has 2 aromatic rings. The summed E-state index contributed by atoms with van der Waals surface area (Å²) < 4.78 is 37.7. The molecule has 2 atom stereocenters. The average molecular weight is 325 g/mol. The van der Waals surface area contributed by atoms with Crippen molar-refractivity contribution in [1.82, 2.24) is 5.32 Å². The third-order valence-electron chi connectivity index (χ3n) is 3.78. The fourth-order valence-electron chi connectivity index (χ4n) is 2.71. The molecule has 1 N–H and O–H groups in total. The lowest BCUT2D eigenvalue weighted by atomic mass is 10.0. The quantitative estimate of drug-likeness (QED) is 0.879. The van der Waals surface area contributed by atoms with Crippen molar-refractivity contribution in [2.24, 2.45) is 0 Å². The lowest BCUT2D eigenvalue weighted by Gasteiger charge is -2.28. The highest BCUT2D eigenvalue weighted by Gasteiger charge is 2.31. The van der Waals surface area contributed by atoms with Crippen LogP contribution >= 0.6 is 11.3 Å². The van der Waals surface area contributed by atoms with Gasteiger partial charge in [0.2, 0.25) is 0 Å². The average Bonchev–Trinajstić information content (AvgIpc) is 2.96. The highest BCUT2D eigenvalue weighted by atomic mass is 32.2. The van der Waals surface area contributed by atoms with E-state index in [0.29, 0.717) is 12.0 Å². The number of halogens is 1. The van der Waals surface area contributed by atoms with Crippen LogP contribution in [-0.4, -0.2) is 14.2 Å². The predicted octanol–water partition coefficient (Wildman–Crippen LogP) is 3.46. The Kier molecular flexibility index (Phi) is 3.86. The Bertz CT molecular complexity index is 741. The lowest BCUT2D eigenvalue weighted by Crippen LogP contribution is -2.31. The molecule has 1 aliphatic heterocycles. The molecular weight excluding hydrogens is 309 g/mol. The molecule has 0 fully saturated rings. The summed E-state index contributed by atoms with van der Waals surface area (Å²) in [5, 5.41) is 5.43. The standard InChI is InChI=1S/C15H16FNO2S2/c1-10(14-3-2-7-20-14)17-13-6-8-21(18,19)15-5-4-11(16)9-12(13)15/h2-5,7,9-10,13,17H,6,8H2,1H3. The minimum absolute atomic E-state index is 0.0977. The van der Waals surface area contributed by atoms with E-state index >= 15 is 0 Å². The molecule has 3 nitrogen and oxygen atoms in total. The summed E-state index contributed by atoms with van der Waals surface area (Å²) in [6.07, 6.45) is 0.467. The van der Waals surface area contributed by atoms with Crippen molar-refractivity contribution in [3.63, 3.8) is 0 Å². The minimum Gasteiger partial charge on any atom is -0.303 e. The van der Waals surface area contributed by atoms with E-state index in [-0.39, 0.29) is 22.7 Å². The van der Waals surface area contributed by atoms with Gasteiger partial charge < -0.3 is 5.32 Å². The maximum atomic E-state index is 13.5. The Hall–Kier alpha value is -1.24. The molecule has 0 saturated carbocycles. The van der Waals surface area contributed by atoms with Crippen molar-refractivity contribution in [3.8, 4) is 0 Å². The maximum absolute atomic E-state index is 13.5. The molecule has 1 aliphatic rings. The van der Waals surface area contributed by atoms with Gasteiger partial charge in [-0.15, -0.1) is 11.3 Å². The van der Waals surface area contributed by atoms with Gasteiger partial charge in [0.15, 0.2) is 9.84 Å². The van der Waals surface area contributed by atoms with E-state index in [1.165, 1.54) is 23.1 Å². The zero-order valence-corrected chi connectivity index (χ0v) is 13.2. The summed E-state index contributed by atoms with van der Waals surface area (Å²) in [5.41, 5.74) is 0.546. The zero-order valence-electron chi connectivity index (χ0n) is 11.5. The second kappa shape index (κ2) is 5.51. The predicted molar refractivity (Wildman–Crippen MR) is 81.7 cm³/mol. The molecule has 0 aliphatic carbocycles. The summed E-state index contributed by atoms with van der Waals surface area (Å²) in [7, 11) is -3.29. The Morgan fingerprint density at radius 2 is 2.19 bits per heavy atom. The SMILES string of the molecule is CC(NC1CCS(=O)(=O)c2ccc(F)cc21)c1cccs1. The third kappa shape index (κ3) is 2.88. The van der Waals surface area contributed by atoms with Crippen LogP contribution in [0, 0.1) is 5.82 Å². The first-order valence-electron chi connectivity index (χ1n) is 6.79. The van der Waals surface area contributed by atoms with E-state index in [0.717, 1.165) is 0 Å². The fraction of sp³-hybridized carbons (Fsp3) is 0.333. The van der Waals surface area contributed by atoms with Crippen LogP contribution < -0.4 is 5.32 Å². The number of hydrogen-bond donors (Lipinski definition) is 1. The molecular formula is C15H16FNO2S2. The second-order valence-electron chi connectivity index (χ2n) is 5.25. The first-order chi connectivity index (χ1) is 9.97. The van der Waals surface area contributed by atoms with Crippen LogP contribution in [0.4, 0.5) is 4.39 Å². The molecule has 0 spiro atoms. The molecule has 0 amide bonds. The molecule has 1 aromatic carbocycles. The molecule has 21 heavy (non-hydrogen) atoms. The van der Waals surface area contributed by atoms with Gasteiger partial charge in [0.25, 0.3) is 0 Å². The highest BCUT2D eigenvalue weighted by molar-refractivity contribution is 7.91. The summed E-state index contributed by atoms with van der Waals surface area (Å²) in [5.74, 6) is -0.304. The van der Waals surface area contributed by atoms with Crippen LogP contribution in [0.25, 0.3) is 0 Å². The van der Waals surface area contributed by atoms with Crippen molar-refractivity contribution in [3.05, 3.63) is 52.0 Å². The number of fused-ring (bicyclic) bond motifs is 1. The Balaban J connectivity index is 1.93. The van der Waals surface area contributed by atoms with Crippen LogP contribution in [0.3, 0.4) is 0 Å². The number of nitrogens with one attached hydrogen (secondary N) is 1. The molecule has 0 bridgehead atoms. The molecule has 0 saturated heterocycles. The minimum atomic E-state index is -3.29. The van der Waals surface area contributed by atoms with E-state index in [2.05, 4.69) is 5.32 Å². The number of hydrogen-bond acceptors (Lipinski definition) is 4. The molecule has 112 valence electrons. The van der Waals surface area contributed by atoms with Gasteiger partial charge in [-0.25, -0.2) is 12.8 Å². The van der Waals surface area contributed by atoms with Gasteiger partial charge in [0.05, 0.1) is 10.6 Å². The maximum Gasteiger partial charge on any atom is 0.178 e. The zero-order chi connectivity index (χ0) is 15.0. The Morgan fingerprint density at radius 3 is 2.90 bits per heavy atom. The third-order valence-corrected chi connectivity index (χ3v) is 6.65. The molecule has 1 aromatic heterocycles. The van der Waals surface area contributed by atoms with Gasteiger partial charge in [0.1, 0.15) is 5.82 Å². The first-order valence-corrected chi connectivity index (χ1v) is 9.32. The number of sulfone groups is 1. The van der Waals surface area contributed by atoms with Crippen molar-refractivity contribution in [2.45, 2.75) is 30.3 Å². The van der Waals surface area contributed by atoms with E-state index < -0.39 is 15.7 Å². The van der Waals surface area contributed by atoms with E-state index in [1.54, 1.807) is 11.3 Å². The van der Waals surface area contributed by atoms with Crippen LogP contribution in [0.15, 0.2) is 40.6 Å². The van der Waals surface area contributed by atoms with Gasteiger partial charge in [-0.1, -0.05) is 6.07 Å². The van der Waals surface area contributed by atoms with Crippen LogP contribution in [0.1, 0.15) is 35.9 Å². The van der Waals surface area contributed by atoms with Gasteiger partial charge in [0, 0.05) is 17.0 Å². The second-order valence-corrected chi connectivity index (χ2v) is 8.30. The summed E-state index contributed by atoms with van der Waals surface area (Å²) >= 11 is 1.65.